The van der Waals surface area contributed by atoms with Crippen LogP contribution in [0.15, 0.2) is 0 Å². The number of hydrogen-bond acceptors (Lipinski definition) is 3. The first-order chi connectivity index (χ1) is 6.13. The van der Waals surface area contributed by atoms with Crippen LogP contribution in [0.1, 0.15) is 12.8 Å². The molecule has 76 valence electrons. The second kappa shape index (κ2) is 4.43. The molecule has 0 aromatic heterocycles. The van der Waals surface area contributed by atoms with Crippen LogP contribution in [0.25, 0.3) is 0 Å². The number of carbonyl (C=O) groups is 1. The van der Waals surface area contributed by atoms with Gasteiger partial charge in [-0.15, -0.1) is 0 Å². The van der Waals surface area contributed by atoms with Crippen LogP contribution in [0.4, 0.5) is 4.79 Å². The van der Waals surface area contributed by atoms with Gasteiger partial charge in [-0.1, -0.05) is 0 Å². The Morgan fingerprint density at radius 3 is 2.92 bits per heavy atom. The van der Waals surface area contributed by atoms with Gasteiger partial charge < -0.3 is 20.9 Å². The maximum Gasteiger partial charge on any atom is 0.404 e. The van der Waals surface area contributed by atoms with E-state index in [2.05, 4.69) is 5.32 Å². The third-order valence-corrected chi connectivity index (χ3v) is 2.48. The van der Waals surface area contributed by atoms with Gasteiger partial charge >= 0.3 is 6.09 Å². The first-order valence-corrected chi connectivity index (χ1v) is 4.38. The molecule has 0 bridgehead atoms. The molecule has 0 radical (unpaired) electrons. The molecular formula is C8H16N2O3. The lowest BCUT2D eigenvalue weighted by Gasteiger charge is -2.16. The Labute approximate surface area is 77.2 Å². The van der Waals surface area contributed by atoms with E-state index in [0.717, 1.165) is 12.8 Å². The van der Waals surface area contributed by atoms with Crippen LogP contribution in [0.3, 0.4) is 0 Å². The van der Waals surface area contributed by atoms with E-state index in [9.17, 15) is 4.79 Å². The summed E-state index contributed by atoms with van der Waals surface area (Å²) < 4.78 is 5.21. The van der Waals surface area contributed by atoms with E-state index in [4.69, 9.17) is 15.6 Å². The summed E-state index contributed by atoms with van der Waals surface area (Å²) in [5.74, 6) is 0.219. The number of amides is 1. The Morgan fingerprint density at radius 2 is 2.38 bits per heavy atom. The Hall–Kier alpha value is -0.810. The summed E-state index contributed by atoms with van der Waals surface area (Å²) in [5.41, 5.74) is 5.74. The molecule has 1 fully saturated rings. The molecule has 0 aromatic rings. The van der Waals surface area contributed by atoms with Crippen molar-refractivity contribution in [2.24, 2.45) is 11.7 Å². The minimum absolute atomic E-state index is 0.0989. The van der Waals surface area contributed by atoms with E-state index < -0.39 is 6.09 Å². The minimum atomic E-state index is -0.990. The second-order valence-electron chi connectivity index (χ2n) is 3.45. The van der Waals surface area contributed by atoms with Gasteiger partial charge in [0.2, 0.25) is 0 Å². The van der Waals surface area contributed by atoms with Gasteiger partial charge in [-0.25, -0.2) is 4.79 Å². The molecule has 0 spiro atoms. The fraction of sp³-hybridized carbons (Fsp3) is 0.875. The van der Waals surface area contributed by atoms with Crippen molar-refractivity contribution in [3.8, 4) is 0 Å². The maximum atomic E-state index is 10.2. The highest BCUT2D eigenvalue weighted by Gasteiger charge is 2.32. The topological polar surface area (TPSA) is 84.6 Å². The SMILES string of the molecule is CO[C@@H]1C[C@H](N)C[C@H]1CNC(=O)O. The second-order valence-corrected chi connectivity index (χ2v) is 3.45. The molecule has 0 aliphatic heterocycles. The summed E-state index contributed by atoms with van der Waals surface area (Å²) in [4.78, 5) is 10.2. The highest BCUT2D eigenvalue weighted by molar-refractivity contribution is 5.64. The minimum Gasteiger partial charge on any atom is -0.465 e. The number of hydrogen-bond donors (Lipinski definition) is 3. The lowest BCUT2D eigenvalue weighted by Crippen LogP contribution is -2.32. The van der Waals surface area contributed by atoms with Crippen molar-refractivity contribution in [3.05, 3.63) is 0 Å². The zero-order valence-electron chi connectivity index (χ0n) is 7.69. The van der Waals surface area contributed by atoms with Crippen LogP contribution >= 0.6 is 0 Å². The number of carboxylic acid groups (broad SMARTS) is 1. The lowest BCUT2D eigenvalue weighted by atomic mass is 10.1. The number of nitrogens with one attached hydrogen (secondary N) is 1. The quantitative estimate of drug-likeness (QED) is 0.582. The molecule has 3 atom stereocenters. The fourth-order valence-corrected chi connectivity index (χ4v) is 1.85. The lowest BCUT2D eigenvalue weighted by molar-refractivity contribution is 0.0705. The van der Waals surface area contributed by atoms with Gasteiger partial charge in [0, 0.05) is 25.6 Å². The van der Waals surface area contributed by atoms with E-state index >= 15 is 0 Å². The molecular weight excluding hydrogens is 172 g/mol. The molecule has 1 saturated carbocycles. The van der Waals surface area contributed by atoms with E-state index in [1.54, 1.807) is 7.11 Å². The first kappa shape index (κ1) is 10.3. The molecule has 1 amide bonds. The highest BCUT2D eigenvalue weighted by atomic mass is 16.5. The van der Waals surface area contributed by atoms with E-state index in [1.165, 1.54) is 0 Å². The standard InChI is InChI=1S/C8H16N2O3/c1-13-7-3-6(9)2-5(7)4-10-8(11)12/h5-7,10H,2-4,9H2,1H3,(H,11,12)/t5-,6+,7+/m0/s1. The molecule has 4 N–H and O–H groups in total. The number of methoxy groups -OCH3 is 1. The molecule has 5 nitrogen and oxygen atoms in total. The largest absolute Gasteiger partial charge is 0.465 e. The van der Waals surface area contributed by atoms with Crippen LogP contribution in [0.2, 0.25) is 0 Å². The molecule has 1 aliphatic rings. The summed E-state index contributed by atoms with van der Waals surface area (Å²) in [5, 5.41) is 10.8. The normalized spacial score (nSPS) is 33.2. The summed E-state index contributed by atoms with van der Waals surface area (Å²) in [6.07, 6.45) is 0.763. The molecule has 5 heteroatoms. The number of rotatable bonds is 3. The first-order valence-electron chi connectivity index (χ1n) is 4.38. The van der Waals surface area contributed by atoms with Crippen molar-refractivity contribution < 1.29 is 14.6 Å². The van der Waals surface area contributed by atoms with Crippen molar-refractivity contribution >= 4 is 6.09 Å². The van der Waals surface area contributed by atoms with Crippen molar-refractivity contribution in [3.63, 3.8) is 0 Å². The molecule has 0 unspecified atom stereocenters. The average molecular weight is 188 g/mol. The van der Waals surface area contributed by atoms with Gasteiger partial charge in [-0.2, -0.15) is 0 Å². The highest BCUT2D eigenvalue weighted by Crippen LogP contribution is 2.26. The zero-order valence-corrected chi connectivity index (χ0v) is 7.69. The van der Waals surface area contributed by atoms with Crippen LogP contribution in [0.5, 0.6) is 0 Å². The van der Waals surface area contributed by atoms with E-state index in [1.807, 2.05) is 0 Å². The Bertz CT molecular complexity index is 186. The third-order valence-electron chi connectivity index (χ3n) is 2.48. The Morgan fingerprint density at radius 1 is 1.69 bits per heavy atom. The van der Waals surface area contributed by atoms with Gasteiger partial charge in [-0.3, -0.25) is 0 Å². The predicted molar refractivity (Wildman–Crippen MR) is 47.5 cm³/mol. The van der Waals surface area contributed by atoms with Gasteiger partial charge in [0.15, 0.2) is 0 Å². The monoisotopic (exact) mass is 188 g/mol. The van der Waals surface area contributed by atoms with Crippen LogP contribution in [0, 0.1) is 5.92 Å². The summed E-state index contributed by atoms with van der Waals surface area (Å²) in [7, 11) is 1.64. The van der Waals surface area contributed by atoms with Crippen molar-refractivity contribution in [1.29, 1.82) is 0 Å². The van der Waals surface area contributed by atoms with Gasteiger partial charge in [0.05, 0.1) is 6.10 Å². The zero-order chi connectivity index (χ0) is 9.84. The smallest absolute Gasteiger partial charge is 0.404 e. The maximum absolute atomic E-state index is 10.2. The van der Waals surface area contributed by atoms with Gasteiger partial charge in [-0.05, 0) is 12.8 Å². The summed E-state index contributed by atoms with van der Waals surface area (Å²) >= 11 is 0. The molecule has 0 heterocycles. The van der Waals surface area contributed by atoms with E-state index in [-0.39, 0.29) is 18.1 Å². The molecule has 13 heavy (non-hydrogen) atoms. The molecule has 0 saturated heterocycles. The summed E-state index contributed by atoms with van der Waals surface area (Å²) in [6.45, 7) is 0.432. The van der Waals surface area contributed by atoms with Crippen molar-refractivity contribution in [2.45, 2.75) is 25.0 Å². The number of nitrogens with two attached hydrogens (primary N) is 1. The fourth-order valence-electron chi connectivity index (χ4n) is 1.85. The predicted octanol–water partition coefficient (Wildman–Crippen LogP) is 0.00630. The van der Waals surface area contributed by atoms with Crippen LogP contribution in [-0.4, -0.2) is 37.0 Å². The van der Waals surface area contributed by atoms with E-state index in [0.29, 0.717) is 6.54 Å². The molecule has 1 aliphatic carbocycles. The molecule has 0 aromatic carbocycles. The Kier molecular flexibility index (Phi) is 3.50. The third kappa shape index (κ3) is 2.86. The molecule has 1 rings (SSSR count). The summed E-state index contributed by atoms with van der Waals surface area (Å²) in [6, 6.07) is 0.144. The van der Waals surface area contributed by atoms with Crippen LogP contribution in [-0.2, 0) is 4.74 Å². The van der Waals surface area contributed by atoms with Crippen LogP contribution < -0.4 is 11.1 Å². The van der Waals surface area contributed by atoms with Gasteiger partial charge in [0.1, 0.15) is 0 Å². The van der Waals surface area contributed by atoms with Crippen molar-refractivity contribution in [2.75, 3.05) is 13.7 Å². The van der Waals surface area contributed by atoms with Gasteiger partial charge in [0.25, 0.3) is 0 Å². The average Bonchev–Trinajstić information content (AvgIpc) is 2.42. The van der Waals surface area contributed by atoms with Crippen molar-refractivity contribution in [1.82, 2.24) is 5.32 Å². The number of ether oxygens (including phenoxy) is 1. The Balaban J connectivity index is 2.35.